The molecule has 1 fully saturated rings. The van der Waals surface area contributed by atoms with Crippen LogP contribution in [0.1, 0.15) is 22.5 Å². The van der Waals surface area contributed by atoms with Crippen LogP contribution in [0.4, 0.5) is 5.82 Å². The fraction of sp³-hybridized carbons (Fsp3) is 0.389. The number of thiophene rings is 1. The van der Waals surface area contributed by atoms with Crippen molar-refractivity contribution < 1.29 is 4.79 Å². The number of anilines is 1. The molecule has 2 aromatic heterocycles. The third-order valence-electron chi connectivity index (χ3n) is 4.56. The summed E-state index contributed by atoms with van der Waals surface area (Å²) >= 11 is 1.42. The number of hydrogen-bond donors (Lipinski definition) is 2. The summed E-state index contributed by atoms with van der Waals surface area (Å²) in [7, 11) is 3.93. The molecule has 8 heteroatoms. The molecule has 0 atom stereocenters. The molecule has 26 heavy (non-hydrogen) atoms. The van der Waals surface area contributed by atoms with E-state index in [9.17, 15) is 4.79 Å². The Kier molecular flexibility index (Phi) is 5.85. The molecule has 1 aliphatic rings. The Balaban J connectivity index is 1.74. The molecule has 138 valence electrons. The number of amidine groups is 1. The number of nitrogens with zero attached hydrogens (tertiary/aromatic N) is 4. The molecular weight excluding hydrogens is 348 g/mol. The minimum atomic E-state index is -0.0928. The number of carbonyl (C=O) groups is 1. The third kappa shape index (κ3) is 4.20. The molecule has 0 unspecified atom stereocenters. The highest BCUT2D eigenvalue weighted by Crippen LogP contribution is 2.21. The van der Waals surface area contributed by atoms with Crippen LogP contribution in [0.25, 0.3) is 0 Å². The summed E-state index contributed by atoms with van der Waals surface area (Å²) in [5.41, 5.74) is 0. The van der Waals surface area contributed by atoms with E-state index in [1.807, 2.05) is 30.6 Å². The highest BCUT2D eigenvalue weighted by Gasteiger charge is 2.30. The smallest absolute Gasteiger partial charge is 0.269 e. The Morgan fingerprint density at radius 3 is 2.77 bits per heavy atom. The second-order valence-corrected chi connectivity index (χ2v) is 7.34. The van der Waals surface area contributed by atoms with Crippen molar-refractivity contribution >= 4 is 28.9 Å². The summed E-state index contributed by atoms with van der Waals surface area (Å²) in [6, 6.07) is 5.59. The largest absolute Gasteiger partial charge is 0.347 e. The van der Waals surface area contributed by atoms with Crippen LogP contribution >= 0.6 is 11.3 Å². The number of piperidine rings is 1. The van der Waals surface area contributed by atoms with Crippen molar-refractivity contribution in [3.8, 4) is 0 Å². The Labute approximate surface area is 157 Å². The zero-order valence-corrected chi connectivity index (χ0v) is 15.9. The highest BCUT2D eigenvalue weighted by atomic mass is 32.1. The molecule has 1 aliphatic heterocycles. The predicted octanol–water partition coefficient (Wildman–Crippen LogP) is 2.62. The van der Waals surface area contributed by atoms with Crippen LogP contribution in [-0.4, -0.2) is 57.5 Å². The van der Waals surface area contributed by atoms with Gasteiger partial charge in [-0.1, -0.05) is 6.07 Å². The molecule has 0 saturated carbocycles. The summed E-state index contributed by atoms with van der Waals surface area (Å²) in [5, 5.41) is 17.6. The van der Waals surface area contributed by atoms with Crippen LogP contribution in [0.15, 0.2) is 42.1 Å². The predicted molar refractivity (Wildman–Crippen MR) is 105 cm³/mol. The number of rotatable bonds is 5. The lowest BCUT2D eigenvalue weighted by Crippen LogP contribution is -2.48. The summed E-state index contributed by atoms with van der Waals surface area (Å²) < 4.78 is 1.71. The number of amides is 1. The van der Waals surface area contributed by atoms with Crippen LogP contribution in [0.2, 0.25) is 0 Å². The first-order valence-electron chi connectivity index (χ1n) is 8.61. The van der Waals surface area contributed by atoms with Gasteiger partial charge in [0.1, 0.15) is 11.7 Å². The fourth-order valence-electron chi connectivity index (χ4n) is 3.05. The lowest BCUT2D eigenvalue weighted by molar-refractivity contribution is 0.0753. The standard InChI is InChI=1S/C18H24N6OS/c1-22-11-7-14(8-12-22)24(18(25)15-4-3-13-26-15)16(19)5-9-20-17-6-10-21-23(17)2/h3-6,9-10,13-14,19-20H,7-8,11-12H2,1-2H3/b9-5-,19-16?. The quantitative estimate of drug-likeness (QED) is 0.625. The van der Waals surface area contributed by atoms with Gasteiger partial charge in [0.25, 0.3) is 5.91 Å². The van der Waals surface area contributed by atoms with Crippen LogP contribution in [0, 0.1) is 5.41 Å². The highest BCUT2D eigenvalue weighted by molar-refractivity contribution is 7.12. The van der Waals surface area contributed by atoms with Gasteiger partial charge in [-0.25, -0.2) is 0 Å². The molecule has 2 N–H and O–H groups in total. The van der Waals surface area contributed by atoms with Gasteiger partial charge < -0.3 is 10.2 Å². The van der Waals surface area contributed by atoms with Crippen molar-refractivity contribution in [1.82, 2.24) is 19.6 Å². The van der Waals surface area contributed by atoms with Gasteiger partial charge in [-0.15, -0.1) is 11.3 Å². The fourth-order valence-corrected chi connectivity index (χ4v) is 3.71. The maximum absolute atomic E-state index is 13.0. The Morgan fingerprint density at radius 2 is 2.15 bits per heavy atom. The zero-order chi connectivity index (χ0) is 18.5. The van der Waals surface area contributed by atoms with E-state index in [1.54, 1.807) is 28.1 Å². The van der Waals surface area contributed by atoms with Gasteiger partial charge in [-0.05, 0) is 50.5 Å². The second kappa shape index (κ2) is 8.29. The van der Waals surface area contributed by atoms with Gasteiger partial charge in [0.15, 0.2) is 0 Å². The van der Waals surface area contributed by atoms with Crippen molar-refractivity contribution in [3.05, 3.63) is 46.9 Å². The molecular formula is C18H24N6OS. The van der Waals surface area contributed by atoms with Gasteiger partial charge in [0.2, 0.25) is 0 Å². The van der Waals surface area contributed by atoms with E-state index in [0.29, 0.717) is 4.88 Å². The Bertz CT molecular complexity index is 773. The van der Waals surface area contributed by atoms with Crippen molar-refractivity contribution in [2.45, 2.75) is 18.9 Å². The maximum atomic E-state index is 13.0. The molecule has 2 aromatic rings. The summed E-state index contributed by atoms with van der Waals surface area (Å²) in [5.74, 6) is 0.932. The van der Waals surface area contributed by atoms with Crippen molar-refractivity contribution in [2.75, 3.05) is 25.5 Å². The van der Waals surface area contributed by atoms with E-state index in [0.717, 1.165) is 31.7 Å². The van der Waals surface area contributed by atoms with E-state index in [1.165, 1.54) is 11.3 Å². The summed E-state index contributed by atoms with van der Waals surface area (Å²) in [6.07, 6.45) is 6.77. The topological polar surface area (TPSA) is 77.2 Å². The first-order valence-corrected chi connectivity index (χ1v) is 9.49. The summed E-state index contributed by atoms with van der Waals surface area (Å²) in [4.78, 5) is 17.6. The van der Waals surface area contributed by atoms with E-state index in [-0.39, 0.29) is 17.8 Å². The van der Waals surface area contributed by atoms with Gasteiger partial charge in [0, 0.05) is 25.4 Å². The lowest BCUT2D eigenvalue weighted by atomic mass is 10.0. The molecule has 1 saturated heterocycles. The van der Waals surface area contributed by atoms with Gasteiger partial charge in [-0.3, -0.25) is 19.8 Å². The number of carbonyl (C=O) groups excluding carboxylic acids is 1. The van der Waals surface area contributed by atoms with E-state index in [2.05, 4.69) is 22.4 Å². The lowest BCUT2D eigenvalue weighted by Gasteiger charge is -2.36. The molecule has 0 spiro atoms. The SMILES string of the molecule is CN1CCC(N(C(=N)/C=C\Nc2ccnn2C)C(=O)c2cccs2)CC1. The van der Waals surface area contributed by atoms with Crippen LogP contribution < -0.4 is 5.32 Å². The van der Waals surface area contributed by atoms with Crippen LogP contribution in [-0.2, 0) is 7.05 Å². The molecule has 3 rings (SSSR count). The number of aryl methyl sites for hydroxylation is 1. The second-order valence-electron chi connectivity index (χ2n) is 6.39. The van der Waals surface area contributed by atoms with E-state index in [4.69, 9.17) is 5.41 Å². The minimum absolute atomic E-state index is 0.0506. The monoisotopic (exact) mass is 372 g/mol. The van der Waals surface area contributed by atoms with Crippen molar-refractivity contribution in [1.29, 1.82) is 5.41 Å². The molecule has 1 amide bonds. The molecule has 7 nitrogen and oxygen atoms in total. The number of likely N-dealkylation sites (tertiary alicyclic amines) is 1. The maximum Gasteiger partial charge on any atom is 0.269 e. The average Bonchev–Trinajstić information content (AvgIpc) is 3.29. The van der Waals surface area contributed by atoms with Gasteiger partial charge >= 0.3 is 0 Å². The molecule has 3 heterocycles. The van der Waals surface area contributed by atoms with Crippen LogP contribution in [0.5, 0.6) is 0 Å². The van der Waals surface area contributed by atoms with E-state index < -0.39 is 0 Å². The first-order chi connectivity index (χ1) is 12.6. The molecule has 0 aliphatic carbocycles. The van der Waals surface area contributed by atoms with Crippen LogP contribution in [0.3, 0.4) is 0 Å². The average molecular weight is 372 g/mol. The molecule has 0 aromatic carbocycles. The van der Waals surface area contributed by atoms with Gasteiger partial charge in [0.05, 0.1) is 11.1 Å². The normalized spacial score (nSPS) is 16.1. The van der Waals surface area contributed by atoms with Gasteiger partial charge in [-0.2, -0.15) is 5.10 Å². The molecule has 0 radical (unpaired) electrons. The minimum Gasteiger partial charge on any atom is -0.347 e. The Morgan fingerprint density at radius 1 is 1.38 bits per heavy atom. The number of aromatic nitrogens is 2. The molecule has 0 bridgehead atoms. The van der Waals surface area contributed by atoms with Crippen molar-refractivity contribution in [2.24, 2.45) is 7.05 Å². The Hall–Kier alpha value is -2.45. The first kappa shape index (κ1) is 18.3. The van der Waals surface area contributed by atoms with E-state index >= 15 is 0 Å². The number of nitrogens with one attached hydrogen (secondary N) is 2. The zero-order valence-electron chi connectivity index (χ0n) is 15.1. The number of hydrogen-bond acceptors (Lipinski definition) is 6. The van der Waals surface area contributed by atoms with Crippen molar-refractivity contribution in [3.63, 3.8) is 0 Å². The third-order valence-corrected chi connectivity index (χ3v) is 5.41. The summed E-state index contributed by atoms with van der Waals surface area (Å²) in [6.45, 7) is 1.87.